The summed E-state index contributed by atoms with van der Waals surface area (Å²) in [6.45, 7) is 5.04. The highest BCUT2D eigenvalue weighted by atomic mass is 16.6. The van der Waals surface area contributed by atoms with E-state index in [1.54, 1.807) is 52.7 Å². The number of carbonyl (C=O) groups is 2. The van der Waals surface area contributed by atoms with Gasteiger partial charge in [0.15, 0.2) is 0 Å². The van der Waals surface area contributed by atoms with E-state index >= 15 is 0 Å². The predicted molar refractivity (Wildman–Crippen MR) is 166 cm³/mol. The van der Waals surface area contributed by atoms with Gasteiger partial charge in [-0.05, 0) is 43.1 Å². The molecule has 1 saturated heterocycles. The van der Waals surface area contributed by atoms with Crippen molar-refractivity contribution in [3.05, 3.63) is 29.8 Å². The van der Waals surface area contributed by atoms with Crippen LogP contribution in [0.1, 0.15) is 43.5 Å². The van der Waals surface area contributed by atoms with Crippen LogP contribution in [0.15, 0.2) is 24.3 Å². The molecule has 1 aliphatic heterocycles. The fourth-order valence-corrected chi connectivity index (χ4v) is 12.4. The first-order valence-corrected chi connectivity index (χ1v) is 16.7. The van der Waals surface area contributed by atoms with Crippen molar-refractivity contribution in [3.63, 3.8) is 0 Å². The molecule has 1 aromatic rings. The highest BCUT2D eigenvalue weighted by molar-refractivity contribution is 5.89. The van der Waals surface area contributed by atoms with Crippen molar-refractivity contribution in [1.82, 2.24) is 4.90 Å². The van der Waals surface area contributed by atoms with Crippen LogP contribution in [0.2, 0.25) is 0 Å². The topological polar surface area (TPSA) is 142 Å². The molecule has 260 valence electrons. The lowest BCUT2D eigenvalue weighted by molar-refractivity contribution is -0.300. The number of hydrogen-bond donors (Lipinski definition) is 2. The van der Waals surface area contributed by atoms with Gasteiger partial charge in [0.25, 0.3) is 0 Å². The third kappa shape index (κ3) is 4.00. The number of piperidine rings is 1. The van der Waals surface area contributed by atoms with Crippen molar-refractivity contribution in [2.45, 2.75) is 80.9 Å². The number of aliphatic hydroxyl groups is 2. The van der Waals surface area contributed by atoms with E-state index in [9.17, 15) is 19.8 Å². The van der Waals surface area contributed by atoms with E-state index in [2.05, 4.69) is 11.8 Å². The second kappa shape index (κ2) is 11.4. The largest absolute Gasteiger partial charge is 0.497 e. The van der Waals surface area contributed by atoms with Gasteiger partial charge in [-0.25, -0.2) is 4.79 Å². The molecule has 1 aromatic carbocycles. The molecule has 12 heteroatoms. The lowest BCUT2D eigenvalue weighted by Crippen LogP contribution is -2.79. The average Bonchev–Trinajstić information content (AvgIpc) is 3.43. The van der Waals surface area contributed by atoms with E-state index < -0.39 is 76.3 Å². The zero-order chi connectivity index (χ0) is 33.7. The number of likely N-dealkylation sites (tertiary alicyclic amines) is 1. The Morgan fingerprint density at radius 3 is 2.26 bits per heavy atom. The van der Waals surface area contributed by atoms with Crippen LogP contribution in [0.5, 0.6) is 5.75 Å². The minimum atomic E-state index is -1.58. The van der Waals surface area contributed by atoms with Crippen LogP contribution in [0.4, 0.5) is 0 Å². The van der Waals surface area contributed by atoms with Crippen LogP contribution in [0.25, 0.3) is 0 Å². The predicted octanol–water partition coefficient (Wildman–Crippen LogP) is 1.69. The first-order chi connectivity index (χ1) is 22.5. The number of fused-ring (bicyclic) bond motifs is 2. The number of nitrogens with zero attached hydrogens (tertiary/aromatic N) is 1. The Bertz CT molecular complexity index is 1390. The lowest BCUT2D eigenvalue weighted by Gasteiger charge is -2.70. The Morgan fingerprint density at radius 1 is 0.979 bits per heavy atom. The van der Waals surface area contributed by atoms with Gasteiger partial charge < -0.3 is 43.4 Å². The number of hydrogen-bond acceptors (Lipinski definition) is 12. The molecule has 0 unspecified atom stereocenters. The molecule has 0 amide bonds. The van der Waals surface area contributed by atoms with Gasteiger partial charge in [0.2, 0.25) is 0 Å². The van der Waals surface area contributed by atoms with Gasteiger partial charge in [0.05, 0.1) is 43.7 Å². The Balaban J connectivity index is 1.47. The molecule has 0 radical (unpaired) electrons. The summed E-state index contributed by atoms with van der Waals surface area (Å²) in [4.78, 5) is 29.5. The van der Waals surface area contributed by atoms with Gasteiger partial charge in [-0.3, -0.25) is 9.69 Å². The third-order valence-corrected chi connectivity index (χ3v) is 13.4. The summed E-state index contributed by atoms with van der Waals surface area (Å²) in [6, 6.07) is 6.44. The van der Waals surface area contributed by atoms with Crippen molar-refractivity contribution in [1.29, 1.82) is 0 Å². The highest BCUT2D eigenvalue weighted by Crippen LogP contribution is 2.80. The number of ether oxygens (including phenoxy) is 7. The van der Waals surface area contributed by atoms with E-state index in [1.165, 1.54) is 14.0 Å². The standard InChI is InChI=1S/C35H49NO11/c1-8-36-16-32(17-41-3)22(38)13-23(43-5)35-21-14-33(40)24(44-6)15-34(47-18(2)37,26(29(35)36)27(45-7)28(32)35)25(21)30(33)46-31(39)19-9-11-20(42-4)12-10-19/h9-12,21-30,38,40H,8,13-17H2,1-7H3/t21-,22-,23-,24+,25-,26+,27+,28-,29-,30+,32+,33+,34-,35+/m1/s1. The molecule has 47 heavy (non-hydrogen) atoms. The second-order valence-corrected chi connectivity index (χ2v) is 14.7. The molecule has 5 aliphatic carbocycles. The van der Waals surface area contributed by atoms with E-state index in [4.69, 9.17) is 33.2 Å². The maximum absolute atomic E-state index is 13.9. The molecule has 1 heterocycles. The molecule has 0 aromatic heterocycles. The van der Waals surface area contributed by atoms with Crippen LogP contribution in [-0.2, 0) is 33.2 Å². The quantitative estimate of drug-likeness (QED) is 0.353. The van der Waals surface area contributed by atoms with Gasteiger partial charge in [-0.2, -0.15) is 0 Å². The first-order valence-electron chi connectivity index (χ1n) is 16.7. The number of aliphatic hydroxyl groups excluding tert-OH is 1. The Hall–Kier alpha value is -2.32. The van der Waals surface area contributed by atoms with Gasteiger partial charge >= 0.3 is 11.9 Å². The Labute approximate surface area is 275 Å². The molecular formula is C35H49NO11. The number of esters is 2. The van der Waals surface area contributed by atoms with Crippen molar-refractivity contribution < 1.29 is 53.0 Å². The van der Waals surface area contributed by atoms with Crippen LogP contribution in [-0.4, -0.2) is 130 Å². The van der Waals surface area contributed by atoms with Crippen LogP contribution in [0.3, 0.4) is 0 Å². The minimum Gasteiger partial charge on any atom is -0.497 e. The molecule has 6 aliphatic rings. The van der Waals surface area contributed by atoms with Crippen molar-refractivity contribution in [2.24, 2.45) is 34.5 Å². The van der Waals surface area contributed by atoms with Crippen molar-refractivity contribution >= 4 is 11.9 Å². The fourth-order valence-electron chi connectivity index (χ4n) is 12.4. The second-order valence-electron chi connectivity index (χ2n) is 14.7. The third-order valence-electron chi connectivity index (χ3n) is 13.4. The summed E-state index contributed by atoms with van der Waals surface area (Å²) in [6.07, 6.45) is -2.70. The molecule has 14 atom stereocenters. The zero-order valence-electron chi connectivity index (χ0n) is 28.3. The number of benzene rings is 1. The summed E-state index contributed by atoms with van der Waals surface area (Å²) in [5, 5.41) is 24.8. The zero-order valence-corrected chi connectivity index (χ0v) is 28.3. The van der Waals surface area contributed by atoms with Gasteiger partial charge in [0, 0.05) is 89.4 Å². The van der Waals surface area contributed by atoms with Gasteiger partial charge in [0.1, 0.15) is 23.1 Å². The van der Waals surface area contributed by atoms with Gasteiger partial charge in [-0.15, -0.1) is 0 Å². The lowest BCUT2D eigenvalue weighted by atomic mass is 9.42. The molecule has 6 fully saturated rings. The number of rotatable bonds is 10. The van der Waals surface area contributed by atoms with Crippen LogP contribution >= 0.6 is 0 Å². The Morgan fingerprint density at radius 2 is 1.68 bits per heavy atom. The van der Waals surface area contributed by atoms with E-state index in [0.29, 0.717) is 37.4 Å². The first kappa shape index (κ1) is 33.2. The SMILES string of the molecule is CCN1C[C@]2(COC)[C@H](O)C[C@@H](OC)[C@@]34[C@@H]5C[C@]6(O)[C@@H](OC)C[C@@](OC(C)=O)([C@H]5[C@@H]6OC(=O)c5ccc(OC)cc5)[C@@H]([C@H](OC)[C@H]23)[C@@H]14. The number of methoxy groups -OCH3 is 5. The van der Waals surface area contributed by atoms with Gasteiger partial charge in [-0.1, -0.05) is 6.92 Å². The molecule has 5 saturated carbocycles. The monoisotopic (exact) mass is 659 g/mol. The highest BCUT2D eigenvalue weighted by Gasteiger charge is 2.90. The van der Waals surface area contributed by atoms with Crippen molar-refractivity contribution in [3.8, 4) is 5.75 Å². The van der Waals surface area contributed by atoms with E-state index in [1.807, 2.05) is 0 Å². The average molecular weight is 660 g/mol. The molecule has 1 spiro atoms. The maximum atomic E-state index is 13.9. The van der Waals surface area contributed by atoms with Crippen LogP contribution in [0, 0.1) is 34.5 Å². The van der Waals surface area contributed by atoms with Crippen LogP contribution < -0.4 is 4.74 Å². The molecule has 7 rings (SSSR count). The smallest absolute Gasteiger partial charge is 0.338 e. The van der Waals surface area contributed by atoms with E-state index in [0.717, 1.165) is 0 Å². The summed E-state index contributed by atoms with van der Waals surface area (Å²) >= 11 is 0. The molecule has 12 nitrogen and oxygen atoms in total. The minimum absolute atomic E-state index is 0.179. The fraction of sp³-hybridized carbons (Fsp3) is 0.771. The summed E-state index contributed by atoms with van der Waals surface area (Å²) in [5.74, 6) is -2.10. The summed E-state index contributed by atoms with van der Waals surface area (Å²) in [5.41, 5.74) is -3.89. The normalized spacial score (nSPS) is 47.4. The number of carbonyl (C=O) groups excluding carboxylic acids is 2. The molecule has 2 N–H and O–H groups in total. The van der Waals surface area contributed by atoms with Crippen molar-refractivity contribution in [2.75, 3.05) is 55.2 Å². The Kier molecular flexibility index (Phi) is 8.02. The summed E-state index contributed by atoms with van der Waals surface area (Å²) in [7, 11) is 8.11. The van der Waals surface area contributed by atoms with E-state index in [-0.39, 0.29) is 30.7 Å². The molecular weight excluding hydrogens is 610 g/mol. The maximum Gasteiger partial charge on any atom is 0.338 e. The summed E-state index contributed by atoms with van der Waals surface area (Å²) < 4.78 is 43.2. The molecule has 7 bridgehead atoms.